The van der Waals surface area contributed by atoms with Gasteiger partial charge in [-0.25, -0.2) is 0 Å². The van der Waals surface area contributed by atoms with Crippen molar-refractivity contribution in [2.24, 2.45) is 0 Å². The molecule has 0 radical (unpaired) electrons. The first kappa shape index (κ1) is 11.6. The number of rotatable bonds is 2. The molecule has 1 aliphatic rings. The van der Waals surface area contributed by atoms with Crippen LogP contribution in [0.1, 0.15) is 13.3 Å². The summed E-state index contributed by atoms with van der Waals surface area (Å²) < 4.78 is 0. The molecule has 1 saturated heterocycles. The third kappa shape index (κ3) is 2.45. The highest BCUT2D eigenvalue weighted by Gasteiger charge is 2.30. The van der Waals surface area contributed by atoms with Gasteiger partial charge in [-0.1, -0.05) is 12.1 Å². The number of nitrogens with one attached hydrogen (secondary N) is 1. The van der Waals surface area contributed by atoms with E-state index < -0.39 is 6.10 Å². The molecule has 1 atom stereocenters. The maximum atomic E-state index is 11.7. The lowest BCUT2D eigenvalue weighted by Crippen LogP contribution is -2.26. The first-order chi connectivity index (χ1) is 8.08. The van der Waals surface area contributed by atoms with Crippen molar-refractivity contribution in [3.63, 3.8) is 0 Å². The second-order valence-corrected chi connectivity index (χ2v) is 4.06. The monoisotopic (exact) mass is 234 g/mol. The summed E-state index contributed by atoms with van der Waals surface area (Å²) in [6, 6.07) is 7.06. The Balaban J connectivity index is 2.31. The van der Waals surface area contributed by atoms with Crippen LogP contribution >= 0.6 is 0 Å². The minimum Gasteiger partial charge on any atom is -0.391 e. The third-order valence-electron chi connectivity index (χ3n) is 2.61. The zero-order chi connectivity index (χ0) is 12.4. The molecule has 1 heterocycles. The predicted octanol–water partition coefficient (Wildman–Crippen LogP) is 0.743. The lowest BCUT2D eigenvalue weighted by Gasteiger charge is -2.19. The Kier molecular flexibility index (Phi) is 3.10. The van der Waals surface area contributed by atoms with Crippen molar-refractivity contribution in [1.82, 2.24) is 0 Å². The number of amides is 2. The number of β-amino-alcohol motifs (C(OH)–C–C–N with tert-alkyl or cyclic N) is 1. The van der Waals surface area contributed by atoms with Crippen LogP contribution < -0.4 is 10.2 Å². The molecule has 2 rings (SSSR count). The molecule has 0 bridgehead atoms. The molecule has 1 aromatic carbocycles. The standard InChI is InChI=1S/C12H14N2O3/c1-8(15)13-10-4-2-3-5-11(10)14-7-9(16)6-12(14)17/h2-5,9,16H,6-7H2,1H3,(H,13,15). The van der Waals surface area contributed by atoms with Crippen LogP contribution in [0.4, 0.5) is 11.4 Å². The van der Waals surface area contributed by atoms with Gasteiger partial charge in [-0.15, -0.1) is 0 Å². The van der Waals surface area contributed by atoms with E-state index in [9.17, 15) is 14.7 Å². The summed E-state index contributed by atoms with van der Waals surface area (Å²) in [5.41, 5.74) is 1.21. The summed E-state index contributed by atoms with van der Waals surface area (Å²) in [4.78, 5) is 24.2. The van der Waals surface area contributed by atoms with Crippen LogP contribution in [0.5, 0.6) is 0 Å². The highest BCUT2D eigenvalue weighted by molar-refractivity contribution is 6.02. The van der Waals surface area contributed by atoms with E-state index in [4.69, 9.17) is 0 Å². The zero-order valence-corrected chi connectivity index (χ0v) is 9.51. The molecular weight excluding hydrogens is 220 g/mol. The molecule has 0 aliphatic carbocycles. The van der Waals surface area contributed by atoms with Crippen LogP contribution in [0.25, 0.3) is 0 Å². The summed E-state index contributed by atoms with van der Waals surface area (Å²) >= 11 is 0. The number of anilines is 2. The van der Waals surface area contributed by atoms with Crippen LogP contribution in [0.15, 0.2) is 24.3 Å². The second-order valence-electron chi connectivity index (χ2n) is 4.06. The van der Waals surface area contributed by atoms with E-state index in [-0.39, 0.29) is 24.8 Å². The average Bonchev–Trinajstić information content (AvgIpc) is 2.58. The van der Waals surface area contributed by atoms with E-state index in [0.29, 0.717) is 11.4 Å². The first-order valence-electron chi connectivity index (χ1n) is 5.43. The van der Waals surface area contributed by atoms with Crippen molar-refractivity contribution in [2.45, 2.75) is 19.4 Å². The van der Waals surface area contributed by atoms with Crippen molar-refractivity contribution in [1.29, 1.82) is 0 Å². The van der Waals surface area contributed by atoms with Crippen molar-refractivity contribution in [3.8, 4) is 0 Å². The number of benzene rings is 1. The number of aliphatic hydroxyl groups is 1. The zero-order valence-electron chi connectivity index (χ0n) is 9.51. The number of para-hydroxylation sites is 2. The van der Waals surface area contributed by atoms with Crippen LogP contribution in [0, 0.1) is 0 Å². The van der Waals surface area contributed by atoms with Gasteiger partial charge < -0.3 is 15.3 Å². The maximum absolute atomic E-state index is 11.7. The van der Waals surface area contributed by atoms with Crippen LogP contribution in [0.2, 0.25) is 0 Å². The van der Waals surface area contributed by atoms with Crippen LogP contribution in [-0.4, -0.2) is 29.6 Å². The largest absolute Gasteiger partial charge is 0.391 e. The molecule has 1 aliphatic heterocycles. The molecule has 1 aromatic rings. The fraction of sp³-hybridized carbons (Fsp3) is 0.333. The highest BCUT2D eigenvalue weighted by atomic mass is 16.3. The molecule has 1 fully saturated rings. The summed E-state index contributed by atoms with van der Waals surface area (Å²) in [6.45, 7) is 1.69. The van der Waals surface area contributed by atoms with E-state index >= 15 is 0 Å². The van der Waals surface area contributed by atoms with Gasteiger partial charge in [0.25, 0.3) is 0 Å². The van der Waals surface area contributed by atoms with Gasteiger partial charge in [-0.3, -0.25) is 9.59 Å². The Labute approximate surface area is 99.0 Å². The van der Waals surface area contributed by atoms with Gasteiger partial charge in [-0.05, 0) is 12.1 Å². The van der Waals surface area contributed by atoms with Crippen molar-refractivity contribution in [3.05, 3.63) is 24.3 Å². The summed E-state index contributed by atoms with van der Waals surface area (Å²) in [7, 11) is 0. The van der Waals surface area contributed by atoms with Gasteiger partial charge in [0.1, 0.15) is 0 Å². The molecule has 2 N–H and O–H groups in total. The van der Waals surface area contributed by atoms with Gasteiger partial charge in [0, 0.05) is 6.92 Å². The van der Waals surface area contributed by atoms with Gasteiger partial charge in [-0.2, -0.15) is 0 Å². The van der Waals surface area contributed by atoms with E-state index in [1.807, 2.05) is 0 Å². The fourth-order valence-electron chi connectivity index (χ4n) is 1.93. The molecule has 0 spiro atoms. The molecule has 5 heteroatoms. The van der Waals surface area contributed by atoms with E-state index in [1.54, 1.807) is 24.3 Å². The Morgan fingerprint density at radius 1 is 1.47 bits per heavy atom. The van der Waals surface area contributed by atoms with Crippen molar-refractivity contribution >= 4 is 23.2 Å². The Hall–Kier alpha value is -1.88. The number of carbonyl (C=O) groups excluding carboxylic acids is 2. The maximum Gasteiger partial charge on any atom is 0.229 e. The normalized spacial score (nSPS) is 19.5. The number of hydrogen-bond donors (Lipinski definition) is 2. The number of nitrogens with zero attached hydrogens (tertiary/aromatic N) is 1. The van der Waals surface area contributed by atoms with E-state index in [1.165, 1.54) is 11.8 Å². The summed E-state index contributed by atoms with van der Waals surface area (Å²) in [5.74, 6) is -0.319. The second kappa shape index (κ2) is 4.55. The minimum absolute atomic E-state index is 0.129. The lowest BCUT2D eigenvalue weighted by atomic mass is 10.2. The Morgan fingerprint density at radius 2 is 2.18 bits per heavy atom. The van der Waals surface area contributed by atoms with Gasteiger partial charge >= 0.3 is 0 Å². The SMILES string of the molecule is CC(=O)Nc1ccccc1N1CC(O)CC1=O. The van der Waals surface area contributed by atoms with Gasteiger partial charge in [0.05, 0.1) is 30.4 Å². The molecule has 17 heavy (non-hydrogen) atoms. The fourth-order valence-corrected chi connectivity index (χ4v) is 1.93. The summed E-state index contributed by atoms with van der Waals surface area (Å²) in [6.07, 6.45) is -0.498. The molecule has 0 aromatic heterocycles. The number of carbonyl (C=O) groups is 2. The predicted molar refractivity (Wildman–Crippen MR) is 63.7 cm³/mol. The number of aliphatic hydroxyl groups excluding tert-OH is 1. The van der Waals surface area contributed by atoms with Crippen LogP contribution in [-0.2, 0) is 9.59 Å². The number of hydrogen-bond acceptors (Lipinski definition) is 3. The molecular formula is C12H14N2O3. The topological polar surface area (TPSA) is 69.6 Å². The van der Waals surface area contributed by atoms with Crippen molar-refractivity contribution < 1.29 is 14.7 Å². The quantitative estimate of drug-likeness (QED) is 0.793. The highest BCUT2D eigenvalue weighted by Crippen LogP contribution is 2.29. The van der Waals surface area contributed by atoms with E-state index in [2.05, 4.69) is 5.32 Å². The lowest BCUT2D eigenvalue weighted by molar-refractivity contribution is -0.117. The third-order valence-corrected chi connectivity index (χ3v) is 2.61. The van der Waals surface area contributed by atoms with Gasteiger partial charge in [0.15, 0.2) is 0 Å². The molecule has 0 saturated carbocycles. The Bertz CT molecular complexity index is 459. The van der Waals surface area contributed by atoms with Crippen LogP contribution in [0.3, 0.4) is 0 Å². The Morgan fingerprint density at radius 3 is 2.76 bits per heavy atom. The summed E-state index contributed by atoms with van der Waals surface area (Å²) in [5, 5.41) is 12.1. The molecule has 1 unspecified atom stereocenters. The molecule has 2 amide bonds. The van der Waals surface area contributed by atoms with Crippen molar-refractivity contribution in [2.75, 3.05) is 16.8 Å². The first-order valence-corrected chi connectivity index (χ1v) is 5.43. The smallest absolute Gasteiger partial charge is 0.229 e. The average molecular weight is 234 g/mol. The van der Waals surface area contributed by atoms with E-state index in [0.717, 1.165) is 0 Å². The molecule has 90 valence electrons. The van der Waals surface area contributed by atoms with Gasteiger partial charge in [0.2, 0.25) is 11.8 Å². The molecule has 5 nitrogen and oxygen atoms in total. The minimum atomic E-state index is -0.632.